The van der Waals surface area contributed by atoms with E-state index in [4.69, 9.17) is 4.74 Å². The lowest BCUT2D eigenvalue weighted by Gasteiger charge is -2.33. The summed E-state index contributed by atoms with van der Waals surface area (Å²) in [6.45, 7) is 4.85. The highest BCUT2D eigenvalue weighted by atomic mass is 16.5. The van der Waals surface area contributed by atoms with Crippen LogP contribution in [0.2, 0.25) is 0 Å². The number of aryl methyl sites for hydroxylation is 1. The fourth-order valence-electron chi connectivity index (χ4n) is 3.34. The van der Waals surface area contributed by atoms with E-state index in [0.29, 0.717) is 24.4 Å². The average Bonchev–Trinajstić information content (AvgIpc) is 2.69. The van der Waals surface area contributed by atoms with Gasteiger partial charge in [0.2, 0.25) is 0 Å². The van der Waals surface area contributed by atoms with E-state index in [2.05, 4.69) is 5.32 Å². The van der Waals surface area contributed by atoms with E-state index in [1.807, 2.05) is 31.2 Å². The standard InChI is InChI=1S/C22H26N2O4/c1-15-4-3-5-17(14-15)21(26)23-18-10-12-24(13-11-18)22(27)16(2)28-20-8-6-19(25)7-9-20/h3-9,14,16,18,25H,10-13H2,1-2H3,(H,23,26). The Labute approximate surface area is 165 Å². The zero-order chi connectivity index (χ0) is 20.1. The van der Waals surface area contributed by atoms with E-state index in [1.54, 1.807) is 24.0 Å². The topological polar surface area (TPSA) is 78.9 Å². The van der Waals surface area contributed by atoms with Crippen LogP contribution in [-0.2, 0) is 4.79 Å². The minimum absolute atomic E-state index is 0.0605. The highest BCUT2D eigenvalue weighted by Crippen LogP contribution is 2.19. The number of hydrogen-bond acceptors (Lipinski definition) is 4. The molecule has 1 fully saturated rings. The number of rotatable bonds is 5. The smallest absolute Gasteiger partial charge is 0.263 e. The van der Waals surface area contributed by atoms with Crippen LogP contribution in [0.5, 0.6) is 11.5 Å². The van der Waals surface area contributed by atoms with E-state index in [-0.39, 0.29) is 23.6 Å². The van der Waals surface area contributed by atoms with E-state index in [0.717, 1.165) is 18.4 Å². The first-order valence-electron chi connectivity index (χ1n) is 9.54. The highest BCUT2D eigenvalue weighted by Gasteiger charge is 2.27. The normalized spacial score (nSPS) is 15.7. The zero-order valence-corrected chi connectivity index (χ0v) is 16.2. The van der Waals surface area contributed by atoms with Crippen molar-refractivity contribution in [3.8, 4) is 11.5 Å². The Hall–Kier alpha value is -3.02. The van der Waals surface area contributed by atoms with Gasteiger partial charge < -0.3 is 20.1 Å². The van der Waals surface area contributed by atoms with Crippen molar-refractivity contribution in [2.45, 2.75) is 38.8 Å². The monoisotopic (exact) mass is 382 g/mol. The first-order chi connectivity index (χ1) is 13.4. The Morgan fingerprint density at radius 3 is 2.46 bits per heavy atom. The van der Waals surface area contributed by atoms with Gasteiger partial charge in [-0.2, -0.15) is 0 Å². The molecule has 1 atom stereocenters. The minimum atomic E-state index is -0.608. The fourth-order valence-corrected chi connectivity index (χ4v) is 3.34. The van der Waals surface area contributed by atoms with Gasteiger partial charge in [-0.05, 0) is 63.1 Å². The first-order valence-corrected chi connectivity index (χ1v) is 9.54. The van der Waals surface area contributed by atoms with Crippen LogP contribution >= 0.6 is 0 Å². The maximum Gasteiger partial charge on any atom is 0.263 e. The Bertz CT molecular complexity index is 827. The van der Waals surface area contributed by atoms with Crippen molar-refractivity contribution < 1.29 is 19.4 Å². The number of benzene rings is 2. The largest absolute Gasteiger partial charge is 0.508 e. The Kier molecular flexibility index (Phi) is 6.19. The molecule has 0 radical (unpaired) electrons. The molecule has 0 aliphatic carbocycles. The number of ether oxygens (including phenoxy) is 1. The summed E-state index contributed by atoms with van der Waals surface area (Å²) in [6, 6.07) is 13.9. The van der Waals surface area contributed by atoms with Crippen molar-refractivity contribution in [3.05, 3.63) is 59.7 Å². The Morgan fingerprint density at radius 2 is 1.82 bits per heavy atom. The fraction of sp³-hybridized carbons (Fsp3) is 0.364. The summed E-state index contributed by atoms with van der Waals surface area (Å²) in [5.74, 6) is 0.550. The van der Waals surface area contributed by atoms with Gasteiger partial charge in [-0.3, -0.25) is 9.59 Å². The molecule has 1 aliphatic heterocycles. The number of aromatic hydroxyl groups is 1. The number of piperidine rings is 1. The van der Waals surface area contributed by atoms with Crippen LogP contribution in [0.1, 0.15) is 35.7 Å². The van der Waals surface area contributed by atoms with Crippen molar-refractivity contribution in [1.82, 2.24) is 10.2 Å². The Morgan fingerprint density at radius 1 is 1.14 bits per heavy atom. The van der Waals surface area contributed by atoms with Gasteiger partial charge in [-0.25, -0.2) is 0 Å². The maximum atomic E-state index is 12.6. The highest BCUT2D eigenvalue weighted by molar-refractivity contribution is 5.94. The summed E-state index contributed by atoms with van der Waals surface area (Å²) in [4.78, 5) is 26.8. The molecule has 2 N–H and O–H groups in total. The molecule has 0 aromatic heterocycles. The second kappa shape index (κ2) is 8.78. The second-order valence-corrected chi connectivity index (χ2v) is 7.20. The third-order valence-corrected chi connectivity index (χ3v) is 4.92. The van der Waals surface area contributed by atoms with Crippen molar-refractivity contribution in [3.63, 3.8) is 0 Å². The number of phenolic OH excluding ortho intramolecular Hbond substituents is 1. The molecule has 2 aromatic rings. The zero-order valence-electron chi connectivity index (χ0n) is 16.2. The van der Waals surface area contributed by atoms with E-state index < -0.39 is 6.10 Å². The predicted octanol–water partition coefficient (Wildman–Crippen LogP) is 2.89. The van der Waals surface area contributed by atoms with Crippen LogP contribution in [-0.4, -0.2) is 47.1 Å². The molecule has 2 aromatic carbocycles. The molecule has 0 spiro atoms. The molecule has 1 heterocycles. The predicted molar refractivity (Wildman–Crippen MR) is 106 cm³/mol. The lowest BCUT2D eigenvalue weighted by atomic mass is 10.0. The van der Waals surface area contributed by atoms with Crippen LogP contribution in [0.3, 0.4) is 0 Å². The molecule has 28 heavy (non-hydrogen) atoms. The van der Waals surface area contributed by atoms with Crippen LogP contribution < -0.4 is 10.1 Å². The summed E-state index contributed by atoms with van der Waals surface area (Å²) in [5.41, 5.74) is 1.71. The van der Waals surface area contributed by atoms with Crippen molar-refractivity contribution in [1.29, 1.82) is 0 Å². The first kappa shape index (κ1) is 19.7. The molecule has 6 heteroatoms. The number of carbonyl (C=O) groups is 2. The number of carbonyl (C=O) groups excluding carboxylic acids is 2. The molecule has 1 unspecified atom stereocenters. The molecular weight excluding hydrogens is 356 g/mol. The third kappa shape index (κ3) is 5.03. The summed E-state index contributed by atoms with van der Waals surface area (Å²) in [6.07, 6.45) is 0.827. The minimum Gasteiger partial charge on any atom is -0.508 e. The van der Waals surface area contributed by atoms with Gasteiger partial charge in [0, 0.05) is 24.7 Å². The van der Waals surface area contributed by atoms with Gasteiger partial charge in [0.05, 0.1) is 0 Å². The molecule has 6 nitrogen and oxygen atoms in total. The SMILES string of the molecule is Cc1cccc(C(=O)NC2CCN(C(=O)C(C)Oc3ccc(O)cc3)CC2)c1. The molecule has 148 valence electrons. The average molecular weight is 382 g/mol. The van der Waals surface area contributed by atoms with E-state index >= 15 is 0 Å². The summed E-state index contributed by atoms with van der Waals surface area (Å²) >= 11 is 0. The quantitative estimate of drug-likeness (QED) is 0.833. The van der Waals surface area contributed by atoms with Crippen LogP contribution in [0.25, 0.3) is 0 Å². The van der Waals surface area contributed by atoms with Crippen molar-refractivity contribution >= 4 is 11.8 Å². The number of nitrogens with zero attached hydrogens (tertiary/aromatic N) is 1. The summed E-state index contributed by atoms with van der Waals surface area (Å²) in [7, 11) is 0. The summed E-state index contributed by atoms with van der Waals surface area (Å²) < 4.78 is 5.67. The van der Waals surface area contributed by atoms with Crippen LogP contribution in [0, 0.1) is 6.92 Å². The molecule has 3 rings (SSSR count). The Balaban J connectivity index is 1.48. The number of amides is 2. The van der Waals surface area contributed by atoms with E-state index in [1.165, 1.54) is 12.1 Å². The van der Waals surface area contributed by atoms with Gasteiger partial charge in [-0.1, -0.05) is 17.7 Å². The molecule has 1 saturated heterocycles. The van der Waals surface area contributed by atoms with Gasteiger partial charge in [0.1, 0.15) is 11.5 Å². The van der Waals surface area contributed by atoms with Crippen LogP contribution in [0.15, 0.2) is 48.5 Å². The molecular formula is C22H26N2O4. The number of hydrogen-bond donors (Lipinski definition) is 2. The molecule has 0 saturated carbocycles. The van der Waals surface area contributed by atoms with Gasteiger partial charge >= 0.3 is 0 Å². The van der Waals surface area contributed by atoms with Crippen LogP contribution in [0.4, 0.5) is 0 Å². The van der Waals surface area contributed by atoms with Gasteiger partial charge in [0.25, 0.3) is 11.8 Å². The molecule has 0 bridgehead atoms. The maximum absolute atomic E-state index is 12.6. The molecule has 2 amide bonds. The van der Waals surface area contributed by atoms with Crippen molar-refractivity contribution in [2.24, 2.45) is 0 Å². The molecule has 1 aliphatic rings. The lowest BCUT2D eigenvalue weighted by molar-refractivity contribution is -0.139. The lowest BCUT2D eigenvalue weighted by Crippen LogP contribution is -2.49. The number of phenols is 1. The summed E-state index contributed by atoms with van der Waals surface area (Å²) in [5, 5.41) is 12.4. The van der Waals surface area contributed by atoms with Gasteiger partial charge in [0.15, 0.2) is 6.10 Å². The van der Waals surface area contributed by atoms with E-state index in [9.17, 15) is 14.7 Å². The van der Waals surface area contributed by atoms with Crippen molar-refractivity contribution in [2.75, 3.05) is 13.1 Å². The van der Waals surface area contributed by atoms with Gasteiger partial charge in [-0.15, -0.1) is 0 Å². The third-order valence-electron chi connectivity index (χ3n) is 4.92. The second-order valence-electron chi connectivity index (χ2n) is 7.20. The number of nitrogens with one attached hydrogen (secondary N) is 1. The number of likely N-dealkylation sites (tertiary alicyclic amines) is 1.